The maximum Gasteiger partial charge on any atom is 0.297 e. The van der Waals surface area contributed by atoms with Gasteiger partial charge in [-0.3, -0.25) is 0 Å². The van der Waals surface area contributed by atoms with Crippen molar-refractivity contribution in [1.82, 2.24) is 0 Å². The van der Waals surface area contributed by atoms with Crippen LogP contribution in [0.15, 0.2) is 0 Å². The smallest absolute Gasteiger partial charge is 0.297 e. The largest absolute Gasteiger partial charge is 0.325 e. The maximum atomic E-state index is 11.3. The van der Waals surface area contributed by atoms with Gasteiger partial charge in [0.1, 0.15) is 0 Å². The summed E-state index contributed by atoms with van der Waals surface area (Å²) in [5.41, 5.74) is 0. The van der Waals surface area contributed by atoms with E-state index in [4.69, 9.17) is 0 Å². The van der Waals surface area contributed by atoms with Gasteiger partial charge in [-0.25, -0.2) is 0 Å². The molecule has 0 aromatic heterocycles. The van der Waals surface area contributed by atoms with Gasteiger partial charge in [-0.1, -0.05) is 43.4 Å². The molecule has 0 atom stereocenters. The van der Waals surface area contributed by atoms with Crippen LogP contribution in [-0.2, 0) is 14.5 Å². The second-order valence-electron chi connectivity index (χ2n) is 5.70. The van der Waals surface area contributed by atoms with E-state index in [1.165, 1.54) is 37.1 Å². The van der Waals surface area contributed by atoms with Crippen LogP contribution >= 0.6 is 0 Å². The van der Waals surface area contributed by atoms with E-state index < -0.39 is 10.1 Å². The Morgan fingerprint density at radius 1 is 0.773 bits per heavy atom. The Morgan fingerprint density at radius 3 is 1.50 bits per heavy atom. The molecule has 0 aliphatic carbocycles. The molecule has 0 unspecified atom stereocenters. The van der Waals surface area contributed by atoms with E-state index in [1.807, 2.05) is 0 Å². The number of rotatable bonds is 12. The molecule has 136 valence electrons. The molecule has 4 nitrogen and oxygen atoms in total. The quantitative estimate of drug-likeness (QED) is 0.388. The van der Waals surface area contributed by atoms with Crippen molar-refractivity contribution in [1.29, 1.82) is 0 Å². The lowest BCUT2D eigenvalue weighted by Crippen LogP contribution is -2.47. The molecule has 0 spiro atoms. The summed E-state index contributed by atoms with van der Waals surface area (Å²) in [6.45, 7) is 16.3. The van der Waals surface area contributed by atoms with E-state index >= 15 is 0 Å². The third-order valence-corrected chi connectivity index (χ3v) is 5.51. The average Bonchev–Trinajstić information content (AvgIpc) is 2.54. The number of hydrogen-bond donors (Lipinski definition) is 0. The molecule has 0 aromatic carbocycles. The summed E-state index contributed by atoms with van der Waals surface area (Å²) in [5, 5.41) is 0. The summed E-state index contributed by atoms with van der Waals surface area (Å²) in [7, 11) is -3.88. The van der Waals surface area contributed by atoms with Gasteiger partial charge in [-0.15, -0.1) is 0 Å². The average molecular weight is 343 g/mol. The van der Waals surface area contributed by atoms with Gasteiger partial charge in [-0.2, -0.15) is 8.42 Å². The zero-order chi connectivity index (χ0) is 17.5. The first-order chi connectivity index (χ1) is 10.4. The molecule has 22 heavy (non-hydrogen) atoms. The van der Waals surface area contributed by atoms with Gasteiger partial charge in [0.15, 0.2) is 0 Å². The lowest BCUT2D eigenvalue weighted by atomic mass is 10.1. The molecule has 0 bridgehead atoms. The Morgan fingerprint density at radius 2 is 1.18 bits per heavy atom. The van der Waals surface area contributed by atoms with Gasteiger partial charge in [-0.05, 0) is 38.6 Å². The van der Waals surface area contributed by atoms with Crippen LogP contribution < -0.4 is 0 Å². The Balaban J connectivity index is 0. The highest BCUT2D eigenvalue weighted by Crippen LogP contribution is 2.07. The second kappa shape index (κ2) is 14.4. The van der Waals surface area contributed by atoms with Gasteiger partial charge in [0.2, 0.25) is 0 Å². The number of hydrogen-bond acceptors (Lipinski definition) is 3. The van der Waals surface area contributed by atoms with Crippen molar-refractivity contribution in [3.63, 3.8) is 0 Å². The fraction of sp³-hybridized carbons (Fsp3) is 1.00. The Labute approximate surface area is 137 Å². The van der Waals surface area contributed by atoms with Gasteiger partial charge in [0, 0.05) is 0 Å². The molecular formula is C16H37FNO3S+. The van der Waals surface area contributed by atoms with Crippen molar-refractivity contribution < 1.29 is 21.8 Å². The molecule has 0 aliphatic rings. The van der Waals surface area contributed by atoms with Crippen LogP contribution in [0, 0.1) is 0 Å². The number of quaternary nitrogens is 1. The molecule has 0 radical (unpaired) electrons. The van der Waals surface area contributed by atoms with Gasteiger partial charge < -0.3 is 4.48 Å². The molecule has 0 amide bonds. The minimum Gasteiger partial charge on any atom is -0.325 e. The molecule has 6 heteroatoms. The third kappa shape index (κ3) is 12.4. The summed E-state index contributed by atoms with van der Waals surface area (Å²) >= 11 is 0. The zero-order valence-corrected chi connectivity index (χ0v) is 16.1. The van der Waals surface area contributed by atoms with Crippen molar-refractivity contribution in [3.8, 4) is 0 Å². The molecule has 0 N–H and O–H groups in total. The minimum atomic E-state index is -3.88. The highest BCUT2D eigenvalue weighted by Gasteiger charge is 2.16. The molecule has 0 aliphatic heterocycles. The van der Waals surface area contributed by atoms with E-state index in [1.54, 1.807) is 0 Å². The molecule has 0 heterocycles. The fourth-order valence-electron chi connectivity index (χ4n) is 2.43. The van der Waals surface area contributed by atoms with E-state index in [9.17, 15) is 12.9 Å². The van der Waals surface area contributed by atoms with E-state index in [0.717, 1.165) is 25.7 Å². The predicted molar refractivity (Wildman–Crippen MR) is 91.8 cm³/mol. The second-order valence-corrected chi connectivity index (χ2v) is 7.35. The summed E-state index contributed by atoms with van der Waals surface area (Å²) < 4.78 is 36.4. The molecule has 0 rings (SSSR count). The molecule has 0 fully saturated rings. The van der Waals surface area contributed by atoms with Crippen LogP contribution in [0.1, 0.15) is 73.1 Å². The predicted octanol–water partition coefficient (Wildman–Crippen LogP) is 4.46. The Kier molecular flexibility index (Phi) is 15.7. The molecular weight excluding hydrogens is 305 g/mol. The summed E-state index contributed by atoms with van der Waals surface area (Å²) in [6.07, 6.45) is 5.76. The van der Waals surface area contributed by atoms with Crippen LogP contribution in [-0.4, -0.2) is 44.8 Å². The first-order valence-corrected chi connectivity index (χ1v) is 10.3. The van der Waals surface area contributed by atoms with Crippen molar-refractivity contribution in [2.24, 2.45) is 0 Å². The molecule has 0 aromatic rings. The minimum absolute atomic E-state index is 0.213. The SMILES string of the molecule is CCCCCCCCS(=O)(=O)OF.CC[N+](CC)(CC)CC. The van der Waals surface area contributed by atoms with E-state index in [0.29, 0.717) is 6.42 Å². The number of halogens is 1. The van der Waals surface area contributed by atoms with Crippen LogP contribution in [0.4, 0.5) is 4.53 Å². The monoisotopic (exact) mass is 342 g/mol. The highest BCUT2D eigenvalue weighted by molar-refractivity contribution is 7.86. The van der Waals surface area contributed by atoms with Gasteiger partial charge in [0.25, 0.3) is 10.1 Å². The summed E-state index contributed by atoms with van der Waals surface area (Å²) in [5.74, 6) is -0.213. The van der Waals surface area contributed by atoms with Crippen molar-refractivity contribution >= 4 is 10.1 Å². The maximum absolute atomic E-state index is 11.3. The van der Waals surface area contributed by atoms with Crippen molar-refractivity contribution in [2.75, 3.05) is 31.9 Å². The van der Waals surface area contributed by atoms with E-state index in [2.05, 4.69) is 39.0 Å². The van der Waals surface area contributed by atoms with Crippen LogP contribution in [0.25, 0.3) is 0 Å². The van der Waals surface area contributed by atoms with Gasteiger partial charge in [0.05, 0.1) is 31.9 Å². The summed E-state index contributed by atoms with van der Waals surface area (Å²) in [6, 6.07) is 0. The molecule has 0 saturated carbocycles. The van der Waals surface area contributed by atoms with Crippen LogP contribution in [0.2, 0.25) is 0 Å². The first-order valence-electron chi connectivity index (χ1n) is 8.74. The third-order valence-electron chi connectivity index (χ3n) is 4.53. The van der Waals surface area contributed by atoms with Crippen LogP contribution in [0.5, 0.6) is 0 Å². The van der Waals surface area contributed by atoms with Crippen molar-refractivity contribution in [2.45, 2.75) is 73.1 Å². The molecule has 0 saturated heterocycles. The standard InChI is InChI=1S/C8H17FO3S.C8H20N/c1-2-3-4-5-6-7-8-13(10,11)12-9;1-5-9(6-2,7-3)8-4/h2-8H2,1H3;5-8H2,1-4H3/q;+1. The van der Waals surface area contributed by atoms with Crippen molar-refractivity contribution in [3.05, 3.63) is 0 Å². The van der Waals surface area contributed by atoms with Gasteiger partial charge >= 0.3 is 0 Å². The normalized spacial score (nSPS) is 11.9. The fourth-order valence-corrected chi connectivity index (χ4v) is 3.05. The lowest BCUT2D eigenvalue weighted by molar-refractivity contribution is -0.921. The zero-order valence-electron chi connectivity index (χ0n) is 15.2. The lowest BCUT2D eigenvalue weighted by Gasteiger charge is -2.34. The van der Waals surface area contributed by atoms with Crippen LogP contribution in [0.3, 0.4) is 0 Å². The Bertz CT molecular complexity index is 313. The summed E-state index contributed by atoms with van der Waals surface area (Å²) in [4.78, 5) is 0. The number of nitrogens with zero attached hydrogens (tertiary/aromatic N) is 1. The Hall–Kier alpha value is -0.200. The van der Waals surface area contributed by atoms with E-state index in [-0.39, 0.29) is 5.75 Å². The highest BCUT2D eigenvalue weighted by atomic mass is 32.2. The number of unbranched alkanes of at least 4 members (excludes halogenated alkanes) is 5. The topological polar surface area (TPSA) is 43.4 Å². The first kappa shape index (κ1) is 24.1.